The lowest BCUT2D eigenvalue weighted by Crippen LogP contribution is -2.49. The molecule has 0 aliphatic carbocycles. The Bertz CT molecular complexity index is 407. The summed E-state index contributed by atoms with van der Waals surface area (Å²) in [6.07, 6.45) is 1.78. The first-order valence-electron chi connectivity index (χ1n) is 5.80. The number of likely N-dealkylation sites (N-methyl/N-ethyl adjacent to an activating group) is 1. The van der Waals surface area contributed by atoms with E-state index in [1.807, 2.05) is 26.2 Å². The minimum absolute atomic E-state index is 0.150. The van der Waals surface area contributed by atoms with E-state index < -0.39 is 0 Å². The van der Waals surface area contributed by atoms with E-state index >= 15 is 0 Å². The quantitative estimate of drug-likeness (QED) is 0.804. The second-order valence-electron chi connectivity index (χ2n) is 4.25. The number of piperazine rings is 1. The highest BCUT2D eigenvalue weighted by Crippen LogP contribution is 2.18. The molecule has 1 aromatic rings. The van der Waals surface area contributed by atoms with Crippen LogP contribution in [0.2, 0.25) is 0 Å². The molecule has 0 bridgehead atoms. The number of hydrogen-bond acceptors (Lipinski definition) is 4. The van der Waals surface area contributed by atoms with Gasteiger partial charge in [-0.05, 0) is 13.1 Å². The zero-order valence-corrected chi connectivity index (χ0v) is 10.3. The van der Waals surface area contributed by atoms with Gasteiger partial charge in [0, 0.05) is 38.4 Å². The summed E-state index contributed by atoms with van der Waals surface area (Å²) in [5.74, 6) is 1.07. The molecule has 0 spiro atoms. The number of anilines is 1. The van der Waals surface area contributed by atoms with Gasteiger partial charge < -0.3 is 15.1 Å². The number of hydrogen-bond donors (Lipinski definition) is 1. The molecule has 1 amide bonds. The van der Waals surface area contributed by atoms with Crippen LogP contribution in [0.25, 0.3) is 0 Å². The van der Waals surface area contributed by atoms with Crippen LogP contribution in [0.5, 0.6) is 0 Å². The molecule has 0 unspecified atom stereocenters. The molecule has 0 radical (unpaired) electrons. The smallest absolute Gasteiger partial charge is 0.241 e. The number of rotatable bonds is 3. The number of carbonyl (C=O) groups excluding carboxylic acids is 1. The van der Waals surface area contributed by atoms with Crippen LogP contribution < -0.4 is 10.2 Å². The summed E-state index contributed by atoms with van der Waals surface area (Å²) in [6.45, 7) is 2.79. The van der Waals surface area contributed by atoms with Crippen molar-refractivity contribution in [3.63, 3.8) is 0 Å². The Morgan fingerprint density at radius 2 is 2.29 bits per heavy atom. The molecule has 1 aliphatic rings. The molecule has 2 heterocycles. The van der Waals surface area contributed by atoms with E-state index in [2.05, 4.69) is 15.2 Å². The molecule has 5 heteroatoms. The van der Waals surface area contributed by atoms with E-state index in [0.29, 0.717) is 6.54 Å². The molecule has 0 saturated carbocycles. The van der Waals surface area contributed by atoms with Crippen molar-refractivity contribution >= 4 is 11.7 Å². The maximum atomic E-state index is 11.7. The Morgan fingerprint density at radius 1 is 1.47 bits per heavy atom. The van der Waals surface area contributed by atoms with Crippen LogP contribution in [-0.4, -0.2) is 49.5 Å². The van der Waals surface area contributed by atoms with E-state index in [1.54, 1.807) is 11.1 Å². The average Bonchev–Trinajstić information content (AvgIpc) is 2.34. The normalized spacial score (nSPS) is 16.5. The average molecular weight is 234 g/mol. The zero-order valence-electron chi connectivity index (χ0n) is 10.3. The molecule has 0 aromatic carbocycles. The fourth-order valence-corrected chi connectivity index (χ4v) is 1.98. The first-order chi connectivity index (χ1) is 8.22. The predicted octanol–water partition coefficient (Wildman–Crippen LogP) is 0.0794. The summed E-state index contributed by atoms with van der Waals surface area (Å²) in [5, 5.41) is 3.12. The molecule has 1 aliphatic heterocycles. The van der Waals surface area contributed by atoms with Crippen LogP contribution in [0.3, 0.4) is 0 Å². The molecule has 0 atom stereocenters. The number of nitrogens with zero attached hydrogens (tertiary/aromatic N) is 3. The predicted molar refractivity (Wildman–Crippen MR) is 66.9 cm³/mol. The Kier molecular flexibility index (Phi) is 3.58. The Hall–Kier alpha value is -1.62. The van der Waals surface area contributed by atoms with Crippen molar-refractivity contribution in [2.24, 2.45) is 0 Å². The molecule has 1 N–H and O–H groups in total. The van der Waals surface area contributed by atoms with Gasteiger partial charge in [0.15, 0.2) is 0 Å². The third-order valence-corrected chi connectivity index (χ3v) is 2.99. The number of pyridine rings is 1. The van der Waals surface area contributed by atoms with Crippen molar-refractivity contribution in [3.8, 4) is 0 Å². The van der Waals surface area contributed by atoms with E-state index in [4.69, 9.17) is 0 Å². The molecular weight excluding hydrogens is 216 g/mol. The van der Waals surface area contributed by atoms with Crippen molar-refractivity contribution in [1.29, 1.82) is 0 Å². The van der Waals surface area contributed by atoms with Crippen molar-refractivity contribution in [2.75, 3.05) is 38.6 Å². The van der Waals surface area contributed by atoms with Gasteiger partial charge in [-0.1, -0.05) is 6.07 Å². The number of nitrogens with one attached hydrogen (secondary N) is 1. The van der Waals surface area contributed by atoms with Crippen LogP contribution in [-0.2, 0) is 11.3 Å². The molecule has 17 heavy (non-hydrogen) atoms. The fourth-order valence-electron chi connectivity index (χ4n) is 1.98. The summed E-state index contributed by atoms with van der Waals surface area (Å²) < 4.78 is 0. The van der Waals surface area contributed by atoms with Gasteiger partial charge in [0.2, 0.25) is 5.91 Å². The highest BCUT2D eigenvalue weighted by atomic mass is 16.2. The molecule has 1 aromatic heterocycles. The number of carbonyl (C=O) groups is 1. The van der Waals surface area contributed by atoms with Crippen LogP contribution in [0.15, 0.2) is 18.3 Å². The van der Waals surface area contributed by atoms with Gasteiger partial charge in [-0.25, -0.2) is 4.98 Å². The summed E-state index contributed by atoms with van der Waals surface area (Å²) in [6, 6.07) is 3.97. The molecular formula is C12H18N4O. The zero-order chi connectivity index (χ0) is 12.3. The molecule has 5 nitrogen and oxygen atoms in total. The largest absolute Gasteiger partial charge is 0.345 e. The van der Waals surface area contributed by atoms with Gasteiger partial charge in [0.05, 0.1) is 6.54 Å². The fraction of sp³-hybridized carbons (Fsp3) is 0.500. The third-order valence-electron chi connectivity index (χ3n) is 2.99. The first-order valence-corrected chi connectivity index (χ1v) is 5.80. The van der Waals surface area contributed by atoms with Gasteiger partial charge >= 0.3 is 0 Å². The summed E-state index contributed by atoms with van der Waals surface area (Å²) >= 11 is 0. The minimum Gasteiger partial charge on any atom is -0.345 e. The molecule has 1 saturated heterocycles. The lowest BCUT2D eigenvalue weighted by Gasteiger charge is -2.33. The minimum atomic E-state index is 0.150. The van der Waals surface area contributed by atoms with Crippen LogP contribution >= 0.6 is 0 Å². The summed E-state index contributed by atoms with van der Waals surface area (Å²) in [5.41, 5.74) is 1.13. The molecule has 92 valence electrons. The lowest BCUT2D eigenvalue weighted by atomic mass is 10.2. The van der Waals surface area contributed by atoms with Gasteiger partial charge in [-0.2, -0.15) is 0 Å². The Morgan fingerprint density at radius 3 is 3.00 bits per heavy atom. The van der Waals surface area contributed by atoms with Gasteiger partial charge in [-0.3, -0.25) is 4.79 Å². The van der Waals surface area contributed by atoms with Gasteiger partial charge in [-0.15, -0.1) is 0 Å². The second-order valence-corrected chi connectivity index (χ2v) is 4.25. The highest BCUT2D eigenvalue weighted by Gasteiger charge is 2.23. The van der Waals surface area contributed by atoms with Crippen molar-refractivity contribution < 1.29 is 4.79 Å². The van der Waals surface area contributed by atoms with E-state index in [-0.39, 0.29) is 5.91 Å². The first kappa shape index (κ1) is 11.9. The highest BCUT2D eigenvalue weighted by molar-refractivity contribution is 5.82. The summed E-state index contributed by atoms with van der Waals surface area (Å²) in [7, 11) is 3.75. The van der Waals surface area contributed by atoms with Crippen molar-refractivity contribution in [1.82, 2.24) is 15.2 Å². The van der Waals surface area contributed by atoms with Gasteiger partial charge in [0.25, 0.3) is 0 Å². The van der Waals surface area contributed by atoms with Crippen LogP contribution in [0.1, 0.15) is 5.56 Å². The topological polar surface area (TPSA) is 48.5 Å². The van der Waals surface area contributed by atoms with Crippen LogP contribution in [0.4, 0.5) is 5.82 Å². The van der Waals surface area contributed by atoms with E-state index in [1.165, 1.54) is 0 Å². The van der Waals surface area contributed by atoms with Crippen molar-refractivity contribution in [3.05, 3.63) is 23.9 Å². The molecule has 2 rings (SSSR count). The molecule has 1 fully saturated rings. The lowest BCUT2D eigenvalue weighted by molar-refractivity contribution is -0.129. The van der Waals surface area contributed by atoms with Crippen molar-refractivity contribution in [2.45, 2.75) is 6.54 Å². The number of amides is 1. The maximum Gasteiger partial charge on any atom is 0.241 e. The Labute approximate surface area is 101 Å². The number of aromatic nitrogens is 1. The van der Waals surface area contributed by atoms with Crippen LogP contribution in [0, 0.1) is 0 Å². The van der Waals surface area contributed by atoms with E-state index in [9.17, 15) is 4.79 Å². The van der Waals surface area contributed by atoms with Gasteiger partial charge in [0.1, 0.15) is 5.82 Å². The van der Waals surface area contributed by atoms with E-state index in [0.717, 1.165) is 31.0 Å². The monoisotopic (exact) mass is 234 g/mol. The second kappa shape index (κ2) is 5.14. The maximum absolute atomic E-state index is 11.7. The third kappa shape index (κ3) is 2.55. The standard InChI is InChI=1S/C12H18N4O/c1-13-8-10-4-3-5-14-12(10)16-7-6-15(2)11(17)9-16/h3-5,13H,6-9H2,1-2H3. The summed E-state index contributed by atoms with van der Waals surface area (Å²) in [4.78, 5) is 19.9. The Balaban J connectivity index is 2.19. The SMILES string of the molecule is CNCc1cccnc1N1CCN(C)C(=O)C1.